The van der Waals surface area contributed by atoms with E-state index < -0.39 is 0 Å². The normalized spacial score (nSPS) is 16.4. The van der Waals surface area contributed by atoms with E-state index in [1.807, 2.05) is 36.6 Å². The zero-order valence-corrected chi connectivity index (χ0v) is 18.2. The maximum absolute atomic E-state index is 12.3. The Morgan fingerprint density at radius 2 is 2.19 bits per heavy atom. The lowest BCUT2D eigenvalue weighted by Gasteiger charge is -2.13. The Kier molecular flexibility index (Phi) is 5.37. The second-order valence-corrected chi connectivity index (χ2v) is 8.67. The Balaban J connectivity index is 1.43. The summed E-state index contributed by atoms with van der Waals surface area (Å²) in [7, 11) is 0. The molecule has 0 radical (unpaired) electrons. The van der Waals surface area contributed by atoms with Gasteiger partial charge in [0, 0.05) is 17.9 Å². The van der Waals surface area contributed by atoms with Crippen LogP contribution in [0.5, 0.6) is 0 Å². The number of aryl methyl sites for hydroxylation is 2. The number of benzene rings is 1. The number of hydrogen-bond donors (Lipinski definition) is 1. The molecule has 9 heteroatoms. The van der Waals surface area contributed by atoms with Crippen LogP contribution in [0.2, 0.25) is 0 Å². The molecule has 31 heavy (non-hydrogen) atoms. The summed E-state index contributed by atoms with van der Waals surface area (Å²) in [5.41, 5.74) is 3.67. The molecule has 1 aliphatic rings. The number of thioether (sulfide) groups is 1. The zero-order valence-electron chi connectivity index (χ0n) is 17.4. The fourth-order valence-electron chi connectivity index (χ4n) is 3.79. The van der Waals surface area contributed by atoms with Gasteiger partial charge in [-0.3, -0.25) is 4.79 Å². The van der Waals surface area contributed by atoms with Gasteiger partial charge in [0.2, 0.25) is 5.89 Å². The van der Waals surface area contributed by atoms with Gasteiger partial charge in [0.05, 0.1) is 24.7 Å². The van der Waals surface area contributed by atoms with Crippen LogP contribution in [0.1, 0.15) is 29.9 Å². The molecule has 0 aliphatic carbocycles. The van der Waals surface area contributed by atoms with E-state index in [1.54, 1.807) is 0 Å². The van der Waals surface area contributed by atoms with Gasteiger partial charge < -0.3 is 18.7 Å². The van der Waals surface area contributed by atoms with Crippen LogP contribution in [0.25, 0.3) is 22.6 Å². The third kappa shape index (κ3) is 4.03. The molecule has 1 aliphatic heterocycles. The molecule has 0 unspecified atom stereocenters. The van der Waals surface area contributed by atoms with Crippen molar-refractivity contribution < 1.29 is 9.15 Å². The Morgan fingerprint density at radius 1 is 1.29 bits per heavy atom. The van der Waals surface area contributed by atoms with E-state index in [0.717, 1.165) is 47.2 Å². The largest absolute Gasteiger partial charge is 0.441 e. The van der Waals surface area contributed by atoms with Crippen molar-refractivity contribution in [1.29, 1.82) is 0 Å². The number of H-pyrrole nitrogens is 1. The number of hydrogen-bond acceptors (Lipinski definition) is 7. The summed E-state index contributed by atoms with van der Waals surface area (Å²) < 4.78 is 13.7. The third-order valence-corrected chi connectivity index (χ3v) is 6.40. The van der Waals surface area contributed by atoms with Crippen molar-refractivity contribution in [3.8, 4) is 11.5 Å². The van der Waals surface area contributed by atoms with E-state index in [4.69, 9.17) is 14.1 Å². The van der Waals surface area contributed by atoms with Gasteiger partial charge in [-0.1, -0.05) is 29.5 Å². The van der Waals surface area contributed by atoms with Crippen LogP contribution in [0, 0.1) is 13.8 Å². The first-order valence-corrected chi connectivity index (χ1v) is 11.3. The maximum atomic E-state index is 12.3. The highest BCUT2D eigenvalue weighted by Gasteiger charge is 2.22. The number of aromatic amines is 1. The highest BCUT2D eigenvalue weighted by Crippen LogP contribution is 2.29. The topological polar surface area (TPSA) is 98.8 Å². The van der Waals surface area contributed by atoms with E-state index in [1.165, 1.54) is 18.1 Å². The lowest BCUT2D eigenvalue weighted by Crippen LogP contribution is -2.16. The zero-order chi connectivity index (χ0) is 21.4. The predicted octanol–water partition coefficient (Wildman–Crippen LogP) is 3.86. The molecule has 0 saturated carbocycles. The molecule has 0 amide bonds. The molecule has 5 rings (SSSR count). The highest BCUT2D eigenvalue weighted by molar-refractivity contribution is 7.98. The molecule has 0 bridgehead atoms. The number of rotatable bonds is 6. The average Bonchev–Trinajstić information content (AvgIpc) is 3.48. The Hall–Kier alpha value is -2.91. The molecule has 0 spiro atoms. The second kappa shape index (κ2) is 8.32. The van der Waals surface area contributed by atoms with E-state index in [-0.39, 0.29) is 11.7 Å². The van der Waals surface area contributed by atoms with Crippen molar-refractivity contribution in [3.63, 3.8) is 0 Å². The van der Waals surface area contributed by atoms with Crippen molar-refractivity contribution in [1.82, 2.24) is 24.5 Å². The lowest BCUT2D eigenvalue weighted by molar-refractivity contribution is 0.0958. The van der Waals surface area contributed by atoms with Crippen LogP contribution in [0.4, 0.5) is 0 Å². The molecule has 1 aromatic carbocycles. The van der Waals surface area contributed by atoms with Crippen molar-refractivity contribution >= 4 is 22.9 Å². The SMILES string of the molecule is Cc1cccc(-c2nc(CSc3nc4c(=O)[nH]cnc4n3C[C@@H]3CCCO3)c(C)o2)c1. The van der Waals surface area contributed by atoms with Gasteiger partial charge in [0.25, 0.3) is 5.56 Å². The minimum Gasteiger partial charge on any atom is -0.441 e. The van der Waals surface area contributed by atoms with Crippen molar-refractivity contribution in [2.75, 3.05) is 6.61 Å². The van der Waals surface area contributed by atoms with Gasteiger partial charge in [-0.2, -0.15) is 0 Å². The Bertz CT molecular complexity index is 1290. The number of fused-ring (bicyclic) bond motifs is 1. The number of oxazole rings is 1. The van der Waals surface area contributed by atoms with Gasteiger partial charge >= 0.3 is 0 Å². The van der Waals surface area contributed by atoms with Crippen LogP contribution >= 0.6 is 11.8 Å². The average molecular weight is 438 g/mol. The van der Waals surface area contributed by atoms with E-state index in [9.17, 15) is 4.79 Å². The summed E-state index contributed by atoms with van der Waals surface area (Å²) in [6, 6.07) is 8.09. The summed E-state index contributed by atoms with van der Waals surface area (Å²) >= 11 is 1.52. The number of nitrogens with one attached hydrogen (secondary N) is 1. The standard InChI is InChI=1S/C22H23N5O3S/c1-13-5-3-6-15(9-13)21-25-17(14(2)30-21)11-31-22-26-18-19(23-12-24-20(18)28)27(22)10-16-7-4-8-29-16/h3,5-6,9,12,16H,4,7-8,10-11H2,1-2H3,(H,23,24,28)/t16-/m0/s1. The first-order chi connectivity index (χ1) is 15.1. The molecule has 1 fully saturated rings. The van der Waals surface area contributed by atoms with Crippen molar-refractivity contribution in [2.45, 2.75) is 50.2 Å². The molecule has 4 heterocycles. The predicted molar refractivity (Wildman–Crippen MR) is 118 cm³/mol. The van der Waals surface area contributed by atoms with Gasteiger partial charge in [-0.05, 0) is 38.8 Å². The lowest BCUT2D eigenvalue weighted by atomic mass is 10.1. The summed E-state index contributed by atoms with van der Waals surface area (Å²) in [5.74, 6) is 1.97. The first kappa shape index (κ1) is 20.0. The molecule has 3 aromatic heterocycles. The number of nitrogens with zero attached hydrogens (tertiary/aromatic N) is 4. The number of imidazole rings is 1. The Morgan fingerprint density at radius 3 is 3.00 bits per heavy atom. The van der Waals surface area contributed by atoms with E-state index in [0.29, 0.717) is 29.4 Å². The summed E-state index contributed by atoms with van der Waals surface area (Å²) in [6.45, 7) is 5.36. The number of aromatic nitrogens is 5. The fraction of sp³-hybridized carbons (Fsp3) is 0.364. The monoisotopic (exact) mass is 437 g/mol. The minimum absolute atomic E-state index is 0.111. The molecule has 8 nitrogen and oxygen atoms in total. The maximum Gasteiger partial charge on any atom is 0.278 e. The summed E-state index contributed by atoms with van der Waals surface area (Å²) in [4.78, 5) is 28.5. The summed E-state index contributed by atoms with van der Waals surface area (Å²) in [6.07, 6.45) is 3.57. The summed E-state index contributed by atoms with van der Waals surface area (Å²) in [5, 5.41) is 0.731. The second-order valence-electron chi connectivity index (χ2n) is 7.72. The quantitative estimate of drug-likeness (QED) is 0.457. The van der Waals surface area contributed by atoms with Gasteiger partial charge in [0.1, 0.15) is 5.76 Å². The van der Waals surface area contributed by atoms with E-state index >= 15 is 0 Å². The molecular weight excluding hydrogens is 414 g/mol. The molecular formula is C22H23N5O3S. The number of ether oxygens (including phenoxy) is 1. The first-order valence-electron chi connectivity index (χ1n) is 10.3. The van der Waals surface area contributed by atoms with Crippen molar-refractivity contribution in [2.24, 2.45) is 0 Å². The van der Waals surface area contributed by atoms with Gasteiger partial charge in [-0.25, -0.2) is 15.0 Å². The fourth-order valence-corrected chi connectivity index (χ4v) is 4.80. The van der Waals surface area contributed by atoms with Crippen LogP contribution < -0.4 is 5.56 Å². The highest BCUT2D eigenvalue weighted by atomic mass is 32.2. The van der Waals surface area contributed by atoms with Crippen LogP contribution in [-0.2, 0) is 17.0 Å². The molecule has 4 aromatic rings. The molecule has 160 valence electrons. The van der Waals surface area contributed by atoms with Gasteiger partial charge in [0.15, 0.2) is 16.3 Å². The minimum atomic E-state index is -0.239. The molecule has 1 saturated heterocycles. The van der Waals surface area contributed by atoms with Crippen LogP contribution in [0.3, 0.4) is 0 Å². The molecule has 1 atom stereocenters. The Labute approximate surface area is 183 Å². The smallest absolute Gasteiger partial charge is 0.278 e. The van der Waals surface area contributed by atoms with E-state index in [2.05, 4.69) is 21.0 Å². The molecule has 1 N–H and O–H groups in total. The van der Waals surface area contributed by atoms with Crippen LogP contribution in [-0.4, -0.2) is 37.2 Å². The van der Waals surface area contributed by atoms with Crippen LogP contribution in [0.15, 0.2) is 45.0 Å². The van der Waals surface area contributed by atoms with Gasteiger partial charge in [-0.15, -0.1) is 0 Å². The third-order valence-electron chi connectivity index (χ3n) is 5.41. The van der Waals surface area contributed by atoms with Crippen molar-refractivity contribution in [3.05, 3.63) is 58.0 Å².